The minimum atomic E-state index is -0.269. The minimum Gasteiger partial charge on any atom is -0.378 e. The van der Waals surface area contributed by atoms with Gasteiger partial charge in [0.1, 0.15) is 5.82 Å². The average molecular weight is 348 g/mol. The van der Waals surface area contributed by atoms with E-state index in [0.717, 1.165) is 12.8 Å². The van der Waals surface area contributed by atoms with Crippen molar-refractivity contribution >= 4 is 11.8 Å². The predicted molar refractivity (Wildman–Crippen MR) is 91.4 cm³/mol. The summed E-state index contributed by atoms with van der Waals surface area (Å²) in [5.74, 6) is -0.254. The molecule has 1 aromatic rings. The summed E-state index contributed by atoms with van der Waals surface area (Å²) in [5.41, 5.74) is 0.564. The average Bonchev–Trinajstić information content (AvgIpc) is 2.67. The Balaban J connectivity index is 1.52. The number of halogens is 1. The first-order valence-electron chi connectivity index (χ1n) is 9.03. The molecule has 0 spiro atoms. The van der Waals surface area contributed by atoms with Gasteiger partial charge in [-0.2, -0.15) is 0 Å². The van der Waals surface area contributed by atoms with Crippen LogP contribution in [0.15, 0.2) is 24.3 Å². The third-order valence-corrected chi connectivity index (χ3v) is 5.01. The van der Waals surface area contributed by atoms with Crippen LogP contribution in [-0.2, 0) is 20.7 Å². The molecule has 0 radical (unpaired) electrons. The highest BCUT2D eigenvalue weighted by atomic mass is 19.1. The van der Waals surface area contributed by atoms with Gasteiger partial charge in [0.25, 0.3) is 0 Å². The smallest absolute Gasteiger partial charge is 0.227 e. The summed E-state index contributed by atoms with van der Waals surface area (Å²) in [7, 11) is 0. The van der Waals surface area contributed by atoms with E-state index in [9.17, 15) is 14.0 Å². The second-order valence-electron chi connectivity index (χ2n) is 6.71. The lowest BCUT2D eigenvalue weighted by atomic mass is 9.95. The molecule has 2 aliphatic rings. The summed E-state index contributed by atoms with van der Waals surface area (Å²) in [4.78, 5) is 28.7. The van der Waals surface area contributed by atoms with Crippen LogP contribution in [0.4, 0.5) is 4.39 Å². The molecule has 2 saturated heterocycles. The third kappa shape index (κ3) is 4.57. The van der Waals surface area contributed by atoms with E-state index in [2.05, 4.69) is 0 Å². The number of morpholine rings is 1. The normalized spacial score (nSPS) is 21.2. The van der Waals surface area contributed by atoms with Crippen LogP contribution in [0.5, 0.6) is 0 Å². The molecule has 2 fully saturated rings. The SMILES string of the molecule is O=C(CCc1ccccc1F)N1CCCC(C(=O)N2CCOCC2)C1. The Bertz CT molecular complexity index is 616. The molecule has 2 aliphatic heterocycles. The predicted octanol–water partition coefficient (Wildman–Crippen LogP) is 1.86. The molecule has 0 bridgehead atoms. The molecule has 1 atom stereocenters. The number of amides is 2. The molecule has 2 heterocycles. The van der Waals surface area contributed by atoms with Gasteiger partial charge in [-0.3, -0.25) is 9.59 Å². The van der Waals surface area contributed by atoms with Crippen molar-refractivity contribution in [3.63, 3.8) is 0 Å². The summed E-state index contributed by atoms with van der Waals surface area (Å²) in [5, 5.41) is 0. The Hall–Kier alpha value is -1.95. The molecule has 6 heteroatoms. The number of carbonyl (C=O) groups is 2. The van der Waals surface area contributed by atoms with E-state index in [-0.39, 0.29) is 30.0 Å². The Morgan fingerprint density at radius 3 is 2.64 bits per heavy atom. The van der Waals surface area contributed by atoms with E-state index in [1.807, 2.05) is 4.90 Å². The van der Waals surface area contributed by atoms with Crippen molar-refractivity contribution in [1.82, 2.24) is 9.80 Å². The van der Waals surface area contributed by atoms with Crippen LogP contribution in [-0.4, -0.2) is 61.0 Å². The van der Waals surface area contributed by atoms with Crippen LogP contribution < -0.4 is 0 Å². The van der Waals surface area contributed by atoms with Gasteiger partial charge in [-0.25, -0.2) is 4.39 Å². The van der Waals surface area contributed by atoms with Crippen molar-refractivity contribution in [3.8, 4) is 0 Å². The zero-order chi connectivity index (χ0) is 17.6. The summed E-state index contributed by atoms with van der Waals surface area (Å²) in [6, 6.07) is 6.55. The number of likely N-dealkylation sites (tertiary alicyclic amines) is 1. The van der Waals surface area contributed by atoms with Gasteiger partial charge in [-0.05, 0) is 30.9 Å². The van der Waals surface area contributed by atoms with Gasteiger partial charge in [-0.15, -0.1) is 0 Å². The van der Waals surface area contributed by atoms with Gasteiger partial charge in [-0.1, -0.05) is 18.2 Å². The lowest BCUT2D eigenvalue weighted by Crippen LogP contribution is -2.49. The topological polar surface area (TPSA) is 49.9 Å². The van der Waals surface area contributed by atoms with Crippen LogP contribution in [0.25, 0.3) is 0 Å². The molecule has 0 aliphatic carbocycles. The fraction of sp³-hybridized carbons (Fsp3) is 0.579. The summed E-state index contributed by atoms with van der Waals surface area (Å²) < 4.78 is 19.0. The molecule has 1 unspecified atom stereocenters. The zero-order valence-corrected chi connectivity index (χ0v) is 14.5. The van der Waals surface area contributed by atoms with E-state index >= 15 is 0 Å². The molecule has 0 aromatic heterocycles. The molecule has 5 nitrogen and oxygen atoms in total. The number of benzene rings is 1. The number of carbonyl (C=O) groups excluding carboxylic acids is 2. The largest absolute Gasteiger partial charge is 0.378 e. The lowest BCUT2D eigenvalue weighted by Gasteiger charge is -2.36. The van der Waals surface area contributed by atoms with Gasteiger partial charge in [0.15, 0.2) is 0 Å². The van der Waals surface area contributed by atoms with Gasteiger partial charge in [0.05, 0.1) is 19.1 Å². The minimum absolute atomic E-state index is 0.00253. The number of hydrogen-bond donors (Lipinski definition) is 0. The first kappa shape index (κ1) is 17.9. The fourth-order valence-electron chi connectivity index (χ4n) is 3.55. The number of piperidine rings is 1. The Morgan fingerprint density at radius 1 is 1.12 bits per heavy atom. The number of aryl methyl sites for hydroxylation is 1. The number of hydrogen-bond acceptors (Lipinski definition) is 3. The van der Waals surface area contributed by atoms with Crippen LogP contribution in [0, 0.1) is 11.7 Å². The Morgan fingerprint density at radius 2 is 1.88 bits per heavy atom. The molecular weight excluding hydrogens is 323 g/mol. The van der Waals surface area contributed by atoms with E-state index in [0.29, 0.717) is 51.4 Å². The highest BCUT2D eigenvalue weighted by Crippen LogP contribution is 2.21. The van der Waals surface area contributed by atoms with E-state index in [1.165, 1.54) is 6.07 Å². The van der Waals surface area contributed by atoms with E-state index in [4.69, 9.17) is 4.74 Å². The third-order valence-electron chi connectivity index (χ3n) is 5.01. The van der Waals surface area contributed by atoms with Crippen LogP contribution in [0.3, 0.4) is 0 Å². The second-order valence-corrected chi connectivity index (χ2v) is 6.71. The number of rotatable bonds is 4. The van der Waals surface area contributed by atoms with Crippen molar-refractivity contribution in [2.45, 2.75) is 25.7 Å². The van der Waals surface area contributed by atoms with Gasteiger partial charge < -0.3 is 14.5 Å². The second kappa shape index (κ2) is 8.43. The lowest BCUT2D eigenvalue weighted by molar-refractivity contribution is -0.144. The first-order chi connectivity index (χ1) is 12.1. The fourth-order valence-corrected chi connectivity index (χ4v) is 3.55. The molecule has 0 saturated carbocycles. The first-order valence-corrected chi connectivity index (χ1v) is 9.03. The number of ether oxygens (including phenoxy) is 1. The molecule has 2 amide bonds. The van der Waals surface area contributed by atoms with Crippen molar-refractivity contribution in [3.05, 3.63) is 35.6 Å². The maximum atomic E-state index is 13.7. The maximum absolute atomic E-state index is 13.7. The Kier molecular flexibility index (Phi) is 6.02. The van der Waals surface area contributed by atoms with Crippen molar-refractivity contribution in [2.24, 2.45) is 5.92 Å². The molecule has 1 aromatic carbocycles. The van der Waals surface area contributed by atoms with E-state index in [1.54, 1.807) is 23.1 Å². The van der Waals surface area contributed by atoms with Crippen molar-refractivity contribution in [1.29, 1.82) is 0 Å². The number of nitrogens with zero attached hydrogens (tertiary/aromatic N) is 2. The Labute approximate surface area is 147 Å². The zero-order valence-electron chi connectivity index (χ0n) is 14.5. The molecular formula is C19H25FN2O3. The molecule has 25 heavy (non-hydrogen) atoms. The van der Waals surface area contributed by atoms with Gasteiger partial charge >= 0.3 is 0 Å². The molecule has 136 valence electrons. The van der Waals surface area contributed by atoms with Crippen molar-refractivity contribution in [2.75, 3.05) is 39.4 Å². The summed E-state index contributed by atoms with van der Waals surface area (Å²) >= 11 is 0. The van der Waals surface area contributed by atoms with Crippen LogP contribution >= 0.6 is 0 Å². The highest BCUT2D eigenvalue weighted by molar-refractivity contribution is 5.81. The standard InChI is InChI=1S/C19H25FN2O3/c20-17-6-2-1-4-15(17)7-8-18(23)22-9-3-5-16(14-22)19(24)21-10-12-25-13-11-21/h1-2,4,6,16H,3,5,7-14H2. The van der Waals surface area contributed by atoms with Crippen LogP contribution in [0.2, 0.25) is 0 Å². The monoisotopic (exact) mass is 348 g/mol. The summed E-state index contributed by atoms with van der Waals surface area (Å²) in [6.07, 6.45) is 2.34. The maximum Gasteiger partial charge on any atom is 0.227 e. The van der Waals surface area contributed by atoms with E-state index < -0.39 is 0 Å². The van der Waals surface area contributed by atoms with Gasteiger partial charge in [0, 0.05) is 32.6 Å². The molecule has 3 rings (SSSR count). The highest BCUT2D eigenvalue weighted by Gasteiger charge is 2.31. The van der Waals surface area contributed by atoms with Gasteiger partial charge in [0.2, 0.25) is 11.8 Å². The summed E-state index contributed by atoms with van der Waals surface area (Å²) in [6.45, 7) is 3.61. The van der Waals surface area contributed by atoms with Crippen molar-refractivity contribution < 1.29 is 18.7 Å². The quantitative estimate of drug-likeness (QED) is 0.834. The van der Waals surface area contributed by atoms with Crippen LogP contribution in [0.1, 0.15) is 24.8 Å². The molecule has 0 N–H and O–H groups in total.